The minimum absolute atomic E-state index is 0.145. The van der Waals surface area contributed by atoms with Crippen molar-refractivity contribution in [3.05, 3.63) is 78.4 Å². The number of hydrogen-bond donors (Lipinski definition) is 3. The molecule has 0 saturated heterocycles. The molecule has 32 heavy (non-hydrogen) atoms. The average molecular weight is 458 g/mol. The second kappa shape index (κ2) is 11.0. The van der Waals surface area contributed by atoms with E-state index in [1.165, 1.54) is 16.2 Å². The van der Waals surface area contributed by atoms with Crippen molar-refractivity contribution in [2.75, 3.05) is 7.05 Å². The highest BCUT2D eigenvalue weighted by Gasteiger charge is 2.23. The fourth-order valence-corrected chi connectivity index (χ4v) is 4.02. The monoisotopic (exact) mass is 458 g/mol. The Balaban J connectivity index is 0.000000390. The smallest absolute Gasteiger partial charge is 0.328 e. The largest absolute Gasteiger partial charge is 0.478 e. The van der Waals surface area contributed by atoms with Crippen LogP contribution < -0.4 is 5.32 Å². The van der Waals surface area contributed by atoms with Gasteiger partial charge in [-0.15, -0.1) is 0 Å². The second-order valence-corrected chi connectivity index (χ2v) is 8.25. The summed E-state index contributed by atoms with van der Waals surface area (Å²) >= 11 is 0. The maximum absolute atomic E-state index is 13.0. The van der Waals surface area contributed by atoms with Crippen LogP contribution in [0, 0.1) is 6.92 Å². The van der Waals surface area contributed by atoms with Gasteiger partial charge >= 0.3 is 11.9 Å². The molecule has 168 valence electrons. The lowest BCUT2D eigenvalue weighted by Crippen LogP contribution is -2.14. The van der Waals surface area contributed by atoms with Crippen LogP contribution in [-0.2, 0) is 26.2 Å². The molecular formula is C21H22N4O6S. The summed E-state index contributed by atoms with van der Waals surface area (Å²) in [7, 11) is -1.93. The van der Waals surface area contributed by atoms with Gasteiger partial charge in [0.05, 0.1) is 11.4 Å². The Morgan fingerprint density at radius 2 is 1.78 bits per heavy atom. The van der Waals surface area contributed by atoms with Crippen LogP contribution in [0.15, 0.2) is 72.2 Å². The van der Waals surface area contributed by atoms with Gasteiger partial charge in [0.2, 0.25) is 0 Å². The number of carbonyl (C=O) groups is 2. The molecule has 0 amide bonds. The van der Waals surface area contributed by atoms with Gasteiger partial charge in [-0.1, -0.05) is 6.07 Å². The predicted molar refractivity (Wildman–Crippen MR) is 116 cm³/mol. The molecule has 0 aromatic carbocycles. The van der Waals surface area contributed by atoms with Crippen LogP contribution in [-0.4, -0.2) is 51.6 Å². The first-order chi connectivity index (χ1) is 15.2. The number of nitrogens with one attached hydrogen (secondary N) is 1. The van der Waals surface area contributed by atoms with Gasteiger partial charge in [0.1, 0.15) is 4.90 Å². The molecule has 0 radical (unpaired) electrons. The van der Waals surface area contributed by atoms with E-state index >= 15 is 0 Å². The second-order valence-electron chi connectivity index (χ2n) is 6.43. The lowest BCUT2D eigenvalue weighted by molar-refractivity contribution is -0.134. The molecule has 10 nitrogen and oxygen atoms in total. The molecule has 0 saturated carbocycles. The number of pyridine rings is 2. The molecule has 0 fully saturated rings. The Kier molecular flexibility index (Phi) is 8.38. The lowest BCUT2D eigenvalue weighted by Gasteiger charge is -2.11. The molecule has 3 aromatic heterocycles. The maximum atomic E-state index is 13.0. The molecule has 0 atom stereocenters. The van der Waals surface area contributed by atoms with Crippen molar-refractivity contribution in [1.29, 1.82) is 0 Å². The Labute approximate surface area is 184 Å². The van der Waals surface area contributed by atoms with Crippen molar-refractivity contribution < 1.29 is 28.2 Å². The van der Waals surface area contributed by atoms with Gasteiger partial charge < -0.3 is 15.5 Å². The van der Waals surface area contributed by atoms with Crippen molar-refractivity contribution in [3.63, 3.8) is 0 Å². The summed E-state index contributed by atoms with van der Waals surface area (Å²) in [5.41, 5.74) is 2.97. The molecule has 3 N–H and O–H groups in total. The SMILES string of the molecule is CNCc1cc(-c2ncccc2C)n(S(=O)(=O)c2cccnc2)c1.O=C(O)/C=C/C(=O)O. The third-order valence-electron chi connectivity index (χ3n) is 4.04. The van der Waals surface area contributed by atoms with Crippen LogP contribution in [0.3, 0.4) is 0 Å². The molecule has 0 unspecified atom stereocenters. The highest BCUT2D eigenvalue weighted by Crippen LogP contribution is 2.27. The minimum Gasteiger partial charge on any atom is -0.478 e. The first kappa shape index (κ1) is 24.4. The number of hydrogen-bond acceptors (Lipinski definition) is 7. The number of aliphatic carboxylic acids is 2. The van der Waals surface area contributed by atoms with Crippen LogP contribution in [0.4, 0.5) is 0 Å². The molecule has 0 bridgehead atoms. The number of carboxylic acid groups (broad SMARTS) is 2. The molecular weight excluding hydrogens is 436 g/mol. The van der Waals surface area contributed by atoms with E-state index in [1.54, 1.807) is 24.7 Å². The summed E-state index contributed by atoms with van der Waals surface area (Å²) in [5, 5.41) is 18.7. The summed E-state index contributed by atoms with van der Waals surface area (Å²) in [6.45, 7) is 2.47. The molecule has 0 aliphatic heterocycles. The first-order valence-electron chi connectivity index (χ1n) is 9.24. The molecule has 3 heterocycles. The number of carboxylic acids is 2. The number of aryl methyl sites for hydroxylation is 1. The Bertz CT molecular complexity index is 1200. The highest BCUT2D eigenvalue weighted by atomic mass is 32.2. The van der Waals surface area contributed by atoms with E-state index in [9.17, 15) is 18.0 Å². The molecule has 0 spiro atoms. The highest BCUT2D eigenvalue weighted by molar-refractivity contribution is 7.90. The summed E-state index contributed by atoms with van der Waals surface area (Å²) in [6.07, 6.45) is 7.30. The van der Waals surface area contributed by atoms with E-state index in [-0.39, 0.29) is 4.90 Å². The Morgan fingerprint density at radius 1 is 1.12 bits per heavy atom. The van der Waals surface area contributed by atoms with Crippen molar-refractivity contribution >= 4 is 22.0 Å². The summed E-state index contributed by atoms with van der Waals surface area (Å²) in [5.74, 6) is -2.51. The molecule has 0 aliphatic carbocycles. The van der Waals surface area contributed by atoms with Gasteiger partial charge in [-0.2, -0.15) is 0 Å². The number of rotatable bonds is 7. The fourth-order valence-electron chi connectivity index (χ4n) is 2.68. The van der Waals surface area contributed by atoms with Gasteiger partial charge in [-0.3, -0.25) is 9.97 Å². The quantitative estimate of drug-likeness (QED) is 0.451. The zero-order valence-corrected chi connectivity index (χ0v) is 18.2. The van der Waals surface area contributed by atoms with E-state index in [0.717, 1.165) is 11.1 Å². The van der Waals surface area contributed by atoms with Gasteiger partial charge in [-0.25, -0.2) is 22.0 Å². The molecule has 3 rings (SSSR count). The first-order valence-corrected chi connectivity index (χ1v) is 10.7. The van der Waals surface area contributed by atoms with Crippen molar-refractivity contribution in [2.45, 2.75) is 18.4 Å². The van der Waals surface area contributed by atoms with Crippen LogP contribution in [0.5, 0.6) is 0 Å². The molecule has 11 heteroatoms. The molecule has 0 aliphatic rings. The van der Waals surface area contributed by atoms with E-state index in [1.807, 2.05) is 32.2 Å². The summed E-state index contributed by atoms with van der Waals surface area (Å²) in [4.78, 5) is 27.5. The zero-order valence-electron chi connectivity index (χ0n) is 17.3. The van der Waals surface area contributed by atoms with Crippen LogP contribution in [0.2, 0.25) is 0 Å². The Hall–Kier alpha value is -3.83. The van der Waals surface area contributed by atoms with Crippen LogP contribution in [0.25, 0.3) is 11.4 Å². The van der Waals surface area contributed by atoms with E-state index in [2.05, 4.69) is 15.3 Å². The van der Waals surface area contributed by atoms with E-state index in [0.29, 0.717) is 30.1 Å². The van der Waals surface area contributed by atoms with Gasteiger partial charge in [0.25, 0.3) is 10.0 Å². The van der Waals surface area contributed by atoms with E-state index in [4.69, 9.17) is 10.2 Å². The van der Waals surface area contributed by atoms with Gasteiger partial charge in [-0.05, 0) is 49.4 Å². The standard InChI is InChI=1S/C17H18N4O2S.C4H4O4/c1-13-5-3-8-20-17(13)16-9-14(10-18-2)12-21(16)24(22,23)15-6-4-7-19-11-15;5-3(6)1-2-4(7)8/h3-9,11-12,18H,10H2,1-2H3;1-2H,(H,5,6)(H,7,8)/b;2-1+. The van der Waals surface area contributed by atoms with Gasteiger partial charge in [0.15, 0.2) is 0 Å². The topological polar surface area (TPSA) is 151 Å². The van der Waals surface area contributed by atoms with Crippen LogP contribution in [0.1, 0.15) is 11.1 Å². The summed E-state index contributed by atoms with van der Waals surface area (Å²) in [6, 6.07) is 8.73. The zero-order chi connectivity index (χ0) is 23.7. The van der Waals surface area contributed by atoms with Crippen molar-refractivity contribution in [1.82, 2.24) is 19.3 Å². The minimum atomic E-state index is -3.75. The van der Waals surface area contributed by atoms with Crippen molar-refractivity contribution in [3.8, 4) is 11.4 Å². The number of aromatic nitrogens is 3. The van der Waals surface area contributed by atoms with Gasteiger partial charge in [0, 0.05) is 43.5 Å². The van der Waals surface area contributed by atoms with Crippen LogP contribution >= 0.6 is 0 Å². The predicted octanol–water partition coefficient (Wildman–Crippen LogP) is 1.92. The normalized spacial score (nSPS) is 11.1. The lowest BCUT2D eigenvalue weighted by atomic mass is 10.1. The number of nitrogens with zero attached hydrogens (tertiary/aromatic N) is 3. The fraction of sp³-hybridized carbons (Fsp3) is 0.143. The van der Waals surface area contributed by atoms with Crippen molar-refractivity contribution in [2.24, 2.45) is 0 Å². The summed E-state index contributed by atoms with van der Waals surface area (Å²) < 4.78 is 27.3. The Morgan fingerprint density at radius 3 is 2.31 bits per heavy atom. The molecule has 3 aromatic rings. The third kappa shape index (κ3) is 6.33. The van der Waals surface area contributed by atoms with E-state index < -0.39 is 22.0 Å². The third-order valence-corrected chi connectivity index (χ3v) is 5.69. The average Bonchev–Trinajstić information content (AvgIpc) is 3.18. The maximum Gasteiger partial charge on any atom is 0.328 e.